The van der Waals surface area contributed by atoms with Crippen LogP contribution in [0.2, 0.25) is 0 Å². The summed E-state index contributed by atoms with van der Waals surface area (Å²) in [5.41, 5.74) is 1.64. The van der Waals surface area contributed by atoms with Gasteiger partial charge < -0.3 is 14.8 Å². The minimum atomic E-state index is -0.271. The summed E-state index contributed by atoms with van der Waals surface area (Å²) < 4.78 is 10.1. The number of carbonyl (C=O) groups excluding carboxylic acids is 1. The minimum Gasteiger partial charge on any atom is -0.494 e. The molecule has 0 radical (unpaired) electrons. The van der Waals surface area contributed by atoms with E-state index in [1.807, 2.05) is 44.2 Å². The fraction of sp³-hybridized carbons (Fsp3) is 0.400. The lowest BCUT2D eigenvalue weighted by atomic mass is 10.2. The van der Waals surface area contributed by atoms with Crippen LogP contribution in [-0.4, -0.2) is 26.2 Å². The van der Waals surface area contributed by atoms with Crippen molar-refractivity contribution < 1.29 is 14.3 Å². The van der Waals surface area contributed by atoms with Crippen LogP contribution >= 0.6 is 0 Å². The summed E-state index contributed by atoms with van der Waals surface area (Å²) in [7, 11) is 1.39. The molecule has 1 aromatic rings. The summed E-state index contributed by atoms with van der Waals surface area (Å²) in [6, 6.07) is 7.73. The van der Waals surface area contributed by atoms with Crippen LogP contribution in [0.1, 0.15) is 20.3 Å². The first-order valence-corrected chi connectivity index (χ1v) is 6.45. The van der Waals surface area contributed by atoms with Crippen molar-refractivity contribution in [2.45, 2.75) is 20.3 Å². The number of ether oxygens (including phenoxy) is 2. The Morgan fingerprint density at radius 2 is 2.16 bits per heavy atom. The first-order valence-electron chi connectivity index (χ1n) is 6.45. The van der Waals surface area contributed by atoms with Gasteiger partial charge in [0, 0.05) is 23.9 Å². The Kier molecular flexibility index (Phi) is 6.50. The van der Waals surface area contributed by atoms with Crippen molar-refractivity contribution >= 4 is 11.7 Å². The summed E-state index contributed by atoms with van der Waals surface area (Å²) in [5.74, 6) is 0.563. The van der Waals surface area contributed by atoms with Gasteiger partial charge in [-0.1, -0.05) is 19.1 Å². The number of esters is 1. The van der Waals surface area contributed by atoms with E-state index in [9.17, 15) is 4.79 Å². The number of anilines is 1. The van der Waals surface area contributed by atoms with E-state index in [-0.39, 0.29) is 5.97 Å². The Morgan fingerprint density at radius 1 is 1.37 bits per heavy atom. The molecule has 1 N–H and O–H groups in total. The SMILES string of the molecule is CCOc1cccc(NC/C=C(/CC)C(=O)OC)c1. The summed E-state index contributed by atoms with van der Waals surface area (Å²) in [6.07, 6.45) is 2.51. The average molecular weight is 263 g/mol. The largest absolute Gasteiger partial charge is 0.494 e. The van der Waals surface area contributed by atoms with Crippen LogP contribution in [0.25, 0.3) is 0 Å². The van der Waals surface area contributed by atoms with Crippen molar-refractivity contribution in [3.63, 3.8) is 0 Å². The van der Waals surface area contributed by atoms with Gasteiger partial charge in [0.2, 0.25) is 0 Å². The number of hydrogen-bond acceptors (Lipinski definition) is 4. The Bertz CT molecular complexity index is 441. The molecule has 19 heavy (non-hydrogen) atoms. The van der Waals surface area contributed by atoms with E-state index in [1.165, 1.54) is 7.11 Å². The molecule has 0 spiro atoms. The molecule has 4 heteroatoms. The summed E-state index contributed by atoms with van der Waals surface area (Å²) in [6.45, 7) is 5.10. The third kappa shape index (κ3) is 5.04. The molecule has 0 saturated carbocycles. The molecule has 1 rings (SSSR count). The van der Waals surface area contributed by atoms with Gasteiger partial charge >= 0.3 is 5.97 Å². The molecule has 0 bridgehead atoms. The average Bonchev–Trinajstić information content (AvgIpc) is 2.44. The maximum absolute atomic E-state index is 11.4. The third-order valence-electron chi connectivity index (χ3n) is 2.63. The second-order valence-electron chi connectivity index (χ2n) is 3.92. The molecule has 0 amide bonds. The highest BCUT2D eigenvalue weighted by molar-refractivity contribution is 5.88. The molecule has 0 aliphatic rings. The first kappa shape index (κ1) is 15.1. The quantitative estimate of drug-likeness (QED) is 0.607. The van der Waals surface area contributed by atoms with Crippen LogP contribution in [0.3, 0.4) is 0 Å². The Hall–Kier alpha value is -1.97. The Labute approximate surface area is 114 Å². The predicted molar refractivity (Wildman–Crippen MR) is 76.5 cm³/mol. The van der Waals surface area contributed by atoms with E-state index in [1.54, 1.807) is 0 Å². The number of nitrogens with one attached hydrogen (secondary N) is 1. The molecular formula is C15H21NO3. The normalized spacial score (nSPS) is 11.0. The zero-order valence-electron chi connectivity index (χ0n) is 11.7. The van der Waals surface area contributed by atoms with E-state index >= 15 is 0 Å². The number of methoxy groups -OCH3 is 1. The highest BCUT2D eigenvalue weighted by Gasteiger charge is 2.05. The number of rotatable bonds is 7. The van der Waals surface area contributed by atoms with Crippen molar-refractivity contribution in [3.05, 3.63) is 35.9 Å². The van der Waals surface area contributed by atoms with E-state index in [2.05, 4.69) is 5.32 Å². The second kappa shape index (κ2) is 8.19. The fourth-order valence-corrected chi connectivity index (χ4v) is 1.66. The smallest absolute Gasteiger partial charge is 0.333 e. The lowest BCUT2D eigenvalue weighted by Gasteiger charge is -2.08. The van der Waals surface area contributed by atoms with Crippen LogP contribution in [0.15, 0.2) is 35.9 Å². The van der Waals surface area contributed by atoms with Crippen molar-refractivity contribution in [1.82, 2.24) is 0 Å². The molecule has 1 aromatic carbocycles. The minimum absolute atomic E-state index is 0.271. The van der Waals surface area contributed by atoms with Gasteiger partial charge in [0.05, 0.1) is 13.7 Å². The summed E-state index contributed by atoms with van der Waals surface area (Å²) in [5, 5.41) is 3.22. The van der Waals surface area contributed by atoms with E-state index in [0.717, 1.165) is 11.4 Å². The van der Waals surface area contributed by atoms with Crippen LogP contribution in [-0.2, 0) is 9.53 Å². The van der Waals surface area contributed by atoms with Gasteiger partial charge in [0.1, 0.15) is 5.75 Å². The van der Waals surface area contributed by atoms with Crippen molar-refractivity contribution in [1.29, 1.82) is 0 Å². The predicted octanol–water partition coefficient (Wildman–Crippen LogP) is 3.01. The molecule has 0 aliphatic carbocycles. The molecule has 0 aromatic heterocycles. The van der Waals surface area contributed by atoms with Gasteiger partial charge in [-0.25, -0.2) is 4.79 Å². The van der Waals surface area contributed by atoms with Crippen molar-refractivity contribution in [3.8, 4) is 5.75 Å². The molecule has 4 nitrogen and oxygen atoms in total. The van der Waals surface area contributed by atoms with E-state index in [4.69, 9.17) is 9.47 Å². The number of carbonyl (C=O) groups is 1. The molecule has 0 fully saturated rings. The molecule has 0 atom stereocenters. The molecule has 0 heterocycles. The van der Waals surface area contributed by atoms with Gasteiger partial charge in [-0.15, -0.1) is 0 Å². The monoisotopic (exact) mass is 263 g/mol. The third-order valence-corrected chi connectivity index (χ3v) is 2.63. The van der Waals surface area contributed by atoms with Crippen molar-refractivity contribution in [2.24, 2.45) is 0 Å². The standard InChI is InChI=1S/C15H21NO3/c1-4-12(15(17)18-3)9-10-16-13-7-6-8-14(11-13)19-5-2/h6-9,11,16H,4-5,10H2,1-3H3/b12-9-. The highest BCUT2D eigenvalue weighted by atomic mass is 16.5. The molecule has 0 unspecified atom stereocenters. The van der Waals surface area contributed by atoms with Gasteiger partial charge in [0.25, 0.3) is 0 Å². The number of benzene rings is 1. The van der Waals surface area contributed by atoms with Gasteiger partial charge in [0.15, 0.2) is 0 Å². The van der Waals surface area contributed by atoms with Crippen LogP contribution in [0.5, 0.6) is 5.75 Å². The second-order valence-corrected chi connectivity index (χ2v) is 3.92. The molecule has 0 aliphatic heterocycles. The maximum atomic E-state index is 11.4. The Morgan fingerprint density at radius 3 is 2.79 bits per heavy atom. The lowest BCUT2D eigenvalue weighted by Crippen LogP contribution is -2.07. The molecular weight excluding hydrogens is 242 g/mol. The van der Waals surface area contributed by atoms with Crippen LogP contribution in [0, 0.1) is 0 Å². The number of hydrogen-bond donors (Lipinski definition) is 1. The lowest BCUT2D eigenvalue weighted by molar-refractivity contribution is -0.136. The molecule has 104 valence electrons. The van der Waals surface area contributed by atoms with Crippen LogP contribution in [0.4, 0.5) is 5.69 Å². The van der Waals surface area contributed by atoms with Crippen molar-refractivity contribution in [2.75, 3.05) is 25.6 Å². The maximum Gasteiger partial charge on any atom is 0.333 e. The van der Waals surface area contributed by atoms with E-state index in [0.29, 0.717) is 25.1 Å². The van der Waals surface area contributed by atoms with Gasteiger partial charge in [-0.05, 0) is 25.5 Å². The van der Waals surface area contributed by atoms with Gasteiger partial charge in [-0.2, -0.15) is 0 Å². The summed E-state index contributed by atoms with van der Waals surface area (Å²) in [4.78, 5) is 11.4. The fourth-order valence-electron chi connectivity index (χ4n) is 1.66. The van der Waals surface area contributed by atoms with Crippen LogP contribution < -0.4 is 10.1 Å². The zero-order valence-corrected chi connectivity index (χ0v) is 11.7. The Balaban J connectivity index is 2.58. The highest BCUT2D eigenvalue weighted by Crippen LogP contribution is 2.17. The summed E-state index contributed by atoms with van der Waals surface area (Å²) >= 11 is 0. The van der Waals surface area contributed by atoms with Gasteiger partial charge in [-0.3, -0.25) is 0 Å². The van der Waals surface area contributed by atoms with E-state index < -0.39 is 0 Å². The molecule has 0 saturated heterocycles. The topological polar surface area (TPSA) is 47.6 Å². The zero-order chi connectivity index (χ0) is 14.1. The first-order chi connectivity index (χ1) is 9.21.